The number of benzene rings is 10. The third-order valence-corrected chi connectivity index (χ3v) is 15.6. The monoisotopic (exact) mass is 878 g/mol. The highest BCUT2D eigenvalue weighted by molar-refractivity contribution is 7.26. The first-order chi connectivity index (χ1) is 32.7. The Kier molecular flexibility index (Phi) is 9.40. The van der Waals surface area contributed by atoms with Gasteiger partial charge in [0.1, 0.15) is 0 Å². The molecule has 1 unspecified atom stereocenters. The number of nitrogens with zero attached hydrogens (tertiary/aromatic N) is 2. The van der Waals surface area contributed by atoms with Crippen LogP contribution in [0, 0.1) is 0 Å². The highest BCUT2D eigenvalue weighted by Gasteiger charge is 2.22. The highest BCUT2D eigenvalue weighted by atomic mass is 32.1. The maximum atomic E-state index is 2.47. The zero-order valence-electron chi connectivity index (χ0n) is 36.0. The molecule has 0 aliphatic heterocycles. The Hall–Kier alpha value is -7.76. The van der Waals surface area contributed by atoms with Crippen molar-refractivity contribution >= 4 is 102 Å². The van der Waals surface area contributed by atoms with Crippen LogP contribution in [0.3, 0.4) is 0 Å². The highest BCUT2D eigenvalue weighted by Crippen LogP contribution is 2.45. The fourth-order valence-electron chi connectivity index (χ4n) is 10.3. The van der Waals surface area contributed by atoms with Crippen LogP contribution in [0.4, 0.5) is 17.1 Å². The molecule has 312 valence electrons. The molecule has 4 heteroatoms. The molecule has 0 bridgehead atoms. The summed E-state index contributed by atoms with van der Waals surface area (Å²) >= 11 is 3.76. The largest absolute Gasteiger partial charge is 0.310 e. The molecule has 66 heavy (non-hydrogen) atoms. The molecule has 0 aliphatic carbocycles. The number of hydrogen-bond donors (Lipinski definition) is 0. The smallest absolute Gasteiger partial charge is 0.0634 e. The van der Waals surface area contributed by atoms with E-state index in [1.165, 1.54) is 90.0 Å². The summed E-state index contributed by atoms with van der Waals surface area (Å²) in [5.41, 5.74) is 13.4. The van der Waals surface area contributed by atoms with Gasteiger partial charge in [-0.2, -0.15) is 0 Å². The van der Waals surface area contributed by atoms with Gasteiger partial charge in [0.25, 0.3) is 0 Å². The Bertz CT molecular complexity index is 3900. The second kappa shape index (κ2) is 16.0. The Balaban J connectivity index is 0.890. The second-order valence-corrected chi connectivity index (χ2v) is 19.4. The molecule has 0 spiro atoms. The van der Waals surface area contributed by atoms with E-state index < -0.39 is 0 Å². The second-order valence-electron chi connectivity index (χ2n) is 17.2. The minimum Gasteiger partial charge on any atom is -0.310 e. The quantitative estimate of drug-likeness (QED) is 0.140. The van der Waals surface area contributed by atoms with Gasteiger partial charge in [0.15, 0.2) is 0 Å². The predicted molar refractivity (Wildman–Crippen MR) is 285 cm³/mol. The first-order valence-electron chi connectivity index (χ1n) is 22.7. The van der Waals surface area contributed by atoms with E-state index in [0.29, 0.717) is 0 Å². The van der Waals surface area contributed by atoms with Crippen LogP contribution >= 0.6 is 22.7 Å². The first-order valence-corrected chi connectivity index (χ1v) is 24.3. The van der Waals surface area contributed by atoms with Crippen molar-refractivity contribution in [1.29, 1.82) is 0 Å². The minimum absolute atomic E-state index is 0.211. The lowest BCUT2D eigenvalue weighted by atomic mass is 9.84. The Morgan fingerprint density at radius 2 is 1.00 bits per heavy atom. The average molecular weight is 879 g/mol. The van der Waals surface area contributed by atoms with E-state index in [2.05, 4.69) is 246 Å². The summed E-state index contributed by atoms with van der Waals surface area (Å²) in [6.45, 7) is 0. The van der Waals surface area contributed by atoms with Crippen molar-refractivity contribution in [1.82, 2.24) is 4.57 Å². The van der Waals surface area contributed by atoms with Crippen LogP contribution in [-0.2, 0) is 6.42 Å². The number of para-hydroxylation sites is 2. The molecule has 0 fully saturated rings. The fourth-order valence-corrected chi connectivity index (χ4v) is 12.6. The minimum atomic E-state index is 0.211. The van der Waals surface area contributed by atoms with Crippen molar-refractivity contribution in [3.8, 4) is 16.8 Å². The van der Waals surface area contributed by atoms with Gasteiger partial charge in [0.2, 0.25) is 0 Å². The van der Waals surface area contributed by atoms with Gasteiger partial charge in [-0.3, -0.25) is 0 Å². The van der Waals surface area contributed by atoms with Crippen molar-refractivity contribution in [2.75, 3.05) is 4.90 Å². The summed E-state index contributed by atoms with van der Waals surface area (Å²) in [5.74, 6) is 0.211. The van der Waals surface area contributed by atoms with E-state index in [1.54, 1.807) is 0 Å². The summed E-state index contributed by atoms with van der Waals surface area (Å²) < 4.78 is 7.79. The van der Waals surface area contributed by atoms with E-state index in [1.807, 2.05) is 22.7 Å². The zero-order valence-corrected chi connectivity index (χ0v) is 37.6. The molecule has 13 aromatic rings. The summed E-state index contributed by atoms with van der Waals surface area (Å²) in [7, 11) is 0. The van der Waals surface area contributed by atoms with Crippen LogP contribution in [0.2, 0.25) is 0 Å². The topological polar surface area (TPSA) is 8.17 Å². The van der Waals surface area contributed by atoms with Crippen LogP contribution < -0.4 is 4.90 Å². The van der Waals surface area contributed by atoms with Crippen molar-refractivity contribution in [2.24, 2.45) is 0 Å². The van der Waals surface area contributed by atoms with Gasteiger partial charge in [-0.1, -0.05) is 158 Å². The maximum Gasteiger partial charge on any atom is 0.0634 e. The summed E-state index contributed by atoms with van der Waals surface area (Å²) in [6.07, 6.45) is 0.922. The Morgan fingerprint density at radius 1 is 0.379 bits per heavy atom. The van der Waals surface area contributed by atoms with Gasteiger partial charge in [-0.25, -0.2) is 0 Å². The van der Waals surface area contributed by atoms with Gasteiger partial charge >= 0.3 is 0 Å². The van der Waals surface area contributed by atoms with E-state index in [-0.39, 0.29) is 5.92 Å². The molecule has 2 nitrogen and oxygen atoms in total. The first kappa shape index (κ1) is 38.7. The molecule has 0 saturated carbocycles. The molecule has 1 atom stereocenters. The van der Waals surface area contributed by atoms with Gasteiger partial charge < -0.3 is 9.47 Å². The Morgan fingerprint density at radius 3 is 1.80 bits per heavy atom. The molecule has 10 aromatic carbocycles. The van der Waals surface area contributed by atoms with Gasteiger partial charge in [-0.15, -0.1) is 22.7 Å². The van der Waals surface area contributed by atoms with Crippen LogP contribution in [-0.4, -0.2) is 4.57 Å². The normalized spacial score (nSPS) is 12.2. The van der Waals surface area contributed by atoms with E-state index >= 15 is 0 Å². The fraction of sp³-hybridized carbons (Fsp3) is 0.0323. The number of anilines is 3. The van der Waals surface area contributed by atoms with Crippen LogP contribution in [0.5, 0.6) is 0 Å². The van der Waals surface area contributed by atoms with Crippen molar-refractivity contribution in [3.05, 3.63) is 253 Å². The van der Waals surface area contributed by atoms with Gasteiger partial charge in [-0.05, 0) is 113 Å². The van der Waals surface area contributed by atoms with E-state index in [4.69, 9.17) is 0 Å². The molecular formula is C62H42N2S2. The molecule has 3 heterocycles. The molecule has 3 aromatic heterocycles. The van der Waals surface area contributed by atoms with Crippen molar-refractivity contribution in [3.63, 3.8) is 0 Å². The predicted octanol–water partition coefficient (Wildman–Crippen LogP) is 18.0. The number of aromatic nitrogens is 1. The third kappa shape index (κ3) is 6.60. The molecule has 0 aliphatic rings. The number of fused-ring (bicyclic) bond motifs is 10. The molecule has 0 radical (unpaired) electrons. The van der Waals surface area contributed by atoms with E-state index in [9.17, 15) is 0 Å². The SMILES string of the molecule is c1ccc(C(Cc2ccc3c(c2)sc2ccccc23)c2cccc(-c3ccc(N(c4ccccc4)c4ccc5c(c4)c4ccc6sc7ccccc7c6c4n5-c4ccccc4)cc3)c2)cc1. The lowest BCUT2D eigenvalue weighted by Gasteiger charge is -2.26. The van der Waals surface area contributed by atoms with Crippen LogP contribution in [0.1, 0.15) is 22.6 Å². The van der Waals surface area contributed by atoms with Gasteiger partial charge in [0.05, 0.1) is 11.0 Å². The van der Waals surface area contributed by atoms with E-state index in [0.717, 1.165) is 29.2 Å². The standard InChI is InChI=1S/C62H42N2S2/c1-4-15-43(16-5-1)54(37-41-27-33-51-50-23-10-12-25-57(50)66-60(51)38-41)45-18-14-17-44(39-45)42-28-30-48(31-29-42)63(46-19-6-2-7-20-46)49-32-35-56-55(40-49)52-34-36-59-61(53-24-11-13-26-58(53)65-59)62(52)64(56)47-21-8-3-9-22-47/h1-36,38-40,54H,37H2. The molecule has 0 N–H and O–H groups in total. The van der Waals surface area contributed by atoms with Crippen molar-refractivity contribution < 1.29 is 0 Å². The molecule has 0 amide bonds. The van der Waals surface area contributed by atoms with Crippen LogP contribution in [0.25, 0.3) is 79.0 Å². The lowest BCUT2D eigenvalue weighted by molar-refractivity contribution is 0.806. The molecule has 13 rings (SSSR count). The lowest BCUT2D eigenvalue weighted by Crippen LogP contribution is -2.09. The number of hydrogen-bond acceptors (Lipinski definition) is 3. The van der Waals surface area contributed by atoms with Gasteiger partial charge in [0, 0.05) is 79.8 Å². The molecule has 0 saturated heterocycles. The van der Waals surface area contributed by atoms with Crippen LogP contribution in [0.15, 0.2) is 237 Å². The average Bonchev–Trinajstić information content (AvgIpc) is 4.06. The summed E-state index contributed by atoms with van der Waals surface area (Å²) in [4.78, 5) is 2.39. The zero-order chi connectivity index (χ0) is 43.6. The molecular weight excluding hydrogens is 837 g/mol. The van der Waals surface area contributed by atoms with Crippen molar-refractivity contribution in [2.45, 2.75) is 12.3 Å². The Labute approximate surface area is 391 Å². The summed E-state index contributed by atoms with van der Waals surface area (Å²) in [6, 6.07) is 87.3. The third-order valence-electron chi connectivity index (χ3n) is 13.4. The summed E-state index contributed by atoms with van der Waals surface area (Å²) in [5, 5.41) is 7.80. The number of rotatable bonds is 9. The number of thiophene rings is 2. The maximum absolute atomic E-state index is 2.47.